The lowest BCUT2D eigenvalue weighted by atomic mass is 9.83. The molecular weight excluding hydrogens is 476 g/mol. The molecule has 0 spiro atoms. The zero-order valence-corrected chi connectivity index (χ0v) is 21.6. The van der Waals surface area contributed by atoms with Gasteiger partial charge >= 0.3 is 0 Å². The number of hydrogen-bond donors (Lipinski definition) is 1. The lowest BCUT2D eigenvalue weighted by molar-refractivity contribution is 0.269. The summed E-state index contributed by atoms with van der Waals surface area (Å²) in [4.78, 5) is 0. The van der Waals surface area contributed by atoms with Crippen LogP contribution in [0.15, 0.2) is 90.3 Å². The lowest BCUT2D eigenvalue weighted by Crippen LogP contribution is -2.22. The van der Waals surface area contributed by atoms with E-state index in [0.717, 1.165) is 40.9 Å². The van der Waals surface area contributed by atoms with E-state index in [4.69, 9.17) is 25.0 Å². The first-order valence-electron chi connectivity index (χ1n) is 12.8. The molecule has 1 atom stereocenters. The van der Waals surface area contributed by atoms with Gasteiger partial charge in [-0.05, 0) is 48.7 Å². The summed E-state index contributed by atoms with van der Waals surface area (Å²) in [7, 11) is 0. The average molecular weight is 507 g/mol. The van der Waals surface area contributed by atoms with Crippen LogP contribution in [0, 0.1) is 11.3 Å². The highest BCUT2D eigenvalue weighted by molar-refractivity contribution is 5.59. The number of benzene rings is 3. The molecule has 192 valence electrons. The molecule has 1 aliphatic rings. The minimum Gasteiger partial charge on any atom is -0.490 e. The van der Waals surface area contributed by atoms with E-state index in [1.807, 2.05) is 85.8 Å². The highest BCUT2D eigenvalue weighted by atomic mass is 16.5. The monoisotopic (exact) mass is 506 g/mol. The molecule has 38 heavy (non-hydrogen) atoms. The maximum absolute atomic E-state index is 10.1. The van der Waals surface area contributed by atoms with Crippen molar-refractivity contribution >= 4 is 0 Å². The van der Waals surface area contributed by atoms with E-state index in [1.165, 1.54) is 0 Å². The number of hydrogen-bond acceptors (Lipinski definition) is 6. The second-order valence-electron chi connectivity index (χ2n) is 9.00. The molecule has 2 heterocycles. The van der Waals surface area contributed by atoms with Crippen LogP contribution in [0.4, 0.5) is 0 Å². The molecule has 3 aromatic carbocycles. The first-order chi connectivity index (χ1) is 18.6. The van der Waals surface area contributed by atoms with Gasteiger partial charge in [-0.2, -0.15) is 10.4 Å². The van der Waals surface area contributed by atoms with Gasteiger partial charge in [-0.1, -0.05) is 67.9 Å². The Labute approximate surface area is 222 Å². The highest BCUT2D eigenvalue weighted by Gasteiger charge is 2.37. The van der Waals surface area contributed by atoms with Crippen molar-refractivity contribution in [2.75, 3.05) is 6.61 Å². The standard InChI is InChI=1S/C31H30N4O3/c1-3-11-25-29-28(24(19-32)30(33)38-31(29)35(34-25)23-14-9-6-10-15-23)22-16-17-26(27(18-22)36-4-2)37-20-21-12-7-5-8-13-21/h5-10,12-18,28H,3-4,11,20,33H2,1-2H3/t28-/m0/s1. The molecule has 1 aliphatic heterocycles. The van der Waals surface area contributed by atoms with Gasteiger partial charge in [0.25, 0.3) is 0 Å². The minimum absolute atomic E-state index is 0.0764. The van der Waals surface area contributed by atoms with E-state index in [0.29, 0.717) is 36.2 Å². The summed E-state index contributed by atoms with van der Waals surface area (Å²) < 4.78 is 19.9. The van der Waals surface area contributed by atoms with Crippen molar-refractivity contribution in [3.05, 3.63) is 113 Å². The van der Waals surface area contributed by atoms with Gasteiger partial charge in [-0.25, -0.2) is 4.68 Å². The molecule has 2 N–H and O–H groups in total. The van der Waals surface area contributed by atoms with Gasteiger partial charge < -0.3 is 19.9 Å². The third-order valence-corrected chi connectivity index (χ3v) is 6.45. The van der Waals surface area contributed by atoms with Crippen molar-refractivity contribution in [2.45, 2.75) is 39.2 Å². The Balaban J connectivity index is 1.61. The number of ether oxygens (including phenoxy) is 3. The number of fused-ring (bicyclic) bond motifs is 1. The average Bonchev–Trinajstić information content (AvgIpc) is 3.30. The normalized spacial score (nSPS) is 14.4. The van der Waals surface area contributed by atoms with E-state index in [-0.39, 0.29) is 5.88 Å². The molecule has 0 fully saturated rings. The van der Waals surface area contributed by atoms with Gasteiger partial charge in [0, 0.05) is 0 Å². The smallest absolute Gasteiger partial charge is 0.229 e. The number of nitrogens with two attached hydrogens (primary N) is 1. The van der Waals surface area contributed by atoms with Crippen molar-refractivity contribution in [1.29, 1.82) is 5.26 Å². The summed E-state index contributed by atoms with van der Waals surface area (Å²) in [6, 6.07) is 27.8. The van der Waals surface area contributed by atoms with Gasteiger partial charge in [-0.15, -0.1) is 0 Å². The number of aryl methyl sites for hydroxylation is 1. The zero-order valence-electron chi connectivity index (χ0n) is 21.6. The molecule has 0 aliphatic carbocycles. The van der Waals surface area contributed by atoms with Gasteiger partial charge in [0.05, 0.1) is 29.5 Å². The van der Waals surface area contributed by atoms with Crippen molar-refractivity contribution in [3.8, 4) is 29.1 Å². The summed E-state index contributed by atoms with van der Waals surface area (Å²) in [5.74, 6) is 1.40. The Bertz CT molecular complexity index is 1490. The maximum atomic E-state index is 10.1. The first kappa shape index (κ1) is 25.0. The Hall–Kier alpha value is -4.70. The largest absolute Gasteiger partial charge is 0.490 e. The van der Waals surface area contributed by atoms with Crippen LogP contribution in [-0.2, 0) is 13.0 Å². The number of rotatable bonds is 9. The first-order valence-corrected chi connectivity index (χ1v) is 12.8. The predicted octanol–water partition coefficient (Wildman–Crippen LogP) is 6.02. The second kappa shape index (κ2) is 11.1. The van der Waals surface area contributed by atoms with Crippen LogP contribution < -0.4 is 19.9 Å². The number of nitrogens with zero attached hydrogens (tertiary/aromatic N) is 3. The van der Waals surface area contributed by atoms with E-state index in [9.17, 15) is 5.26 Å². The molecule has 0 radical (unpaired) electrons. The molecule has 0 bridgehead atoms. The summed E-state index contributed by atoms with van der Waals surface area (Å²) >= 11 is 0. The summed E-state index contributed by atoms with van der Waals surface area (Å²) in [6.07, 6.45) is 1.62. The molecule has 4 aromatic rings. The fourth-order valence-electron chi connectivity index (χ4n) is 4.74. The van der Waals surface area contributed by atoms with Crippen LogP contribution in [0.5, 0.6) is 17.4 Å². The number of aromatic nitrogens is 2. The van der Waals surface area contributed by atoms with Crippen LogP contribution in [0.2, 0.25) is 0 Å². The summed E-state index contributed by atoms with van der Waals surface area (Å²) in [5.41, 5.74) is 11.2. The Morgan fingerprint density at radius 2 is 1.71 bits per heavy atom. The third-order valence-electron chi connectivity index (χ3n) is 6.45. The molecule has 0 unspecified atom stereocenters. The molecule has 1 aromatic heterocycles. The van der Waals surface area contributed by atoms with Crippen molar-refractivity contribution in [2.24, 2.45) is 5.73 Å². The lowest BCUT2D eigenvalue weighted by Gasteiger charge is -2.26. The molecule has 5 rings (SSSR count). The highest BCUT2D eigenvalue weighted by Crippen LogP contribution is 2.46. The van der Waals surface area contributed by atoms with Gasteiger partial charge in [0.15, 0.2) is 11.5 Å². The number of nitriles is 1. The number of para-hydroxylation sites is 1. The Kier molecular flexibility index (Phi) is 7.32. The van der Waals surface area contributed by atoms with Crippen LogP contribution in [0.25, 0.3) is 5.69 Å². The van der Waals surface area contributed by atoms with Crippen molar-refractivity contribution in [1.82, 2.24) is 9.78 Å². The van der Waals surface area contributed by atoms with E-state index < -0.39 is 5.92 Å². The van der Waals surface area contributed by atoms with Crippen molar-refractivity contribution in [3.63, 3.8) is 0 Å². The molecular formula is C31H30N4O3. The van der Waals surface area contributed by atoms with Crippen LogP contribution in [-0.4, -0.2) is 16.4 Å². The van der Waals surface area contributed by atoms with E-state index in [1.54, 1.807) is 4.68 Å². The van der Waals surface area contributed by atoms with E-state index >= 15 is 0 Å². The minimum atomic E-state index is -0.454. The van der Waals surface area contributed by atoms with Crippen LogP contribution >= 0.6 is 0 Å². The van der Waals surface area contributed by atoms with Gasteiger partial charge in [-0.3, -0.25) is 0 Å². The fraction of sp³-hybridized carbons (Fsp3) is 0.226. The van der Waals surface area contributed by atoms with Crippen LogP contribution in [0.1, 0.15) is 48.6 Å². The van der Waals surface area contributed by atoms with Gasteiger partial charge in [0.1, 0.15) is 18.2 Å². The fourth-order valence-corrected chi connectivity index (χ4v) is 4.74. The topological polar surface area (TPSA) is 95.3 Å². The molecule has 7 nitrogen and oxygen atoms in total. The summed E-state index contributed by atoms with van der Waals surface area (Å²) in [6.45, 7) is 4.93. The maximum Gasteiger partial charge on any atom is 0.229 e. The molecule has 7 heteroatoms. The molecule has 0 saturated heterocycles. The van der Waals surface area contributed by atoms with Crippen molar-refractivity contribution < 1.29 is 14.2 Å². The molecule has 0 saturated carbocycles. The van der Waals surface area contributed by atoms with Gasteiger partial charge in [0.2, 0.25) is 11.8 Å². The van der Waals surface area contributed by atoms with Crippen LogP contribution in [0.3, 0.4) is 0 Å². The Morgan fingerprint density at radius 1 is 0.974 bits per heavy atom. The predicted molar refractivity (Wildman–Crippen MR) is 145 cm³/mol. The molecule has 0 amide bonds. The SMILES string of the molecule is CCCc1nn(-c2ccccc2)c2c1[C@@H](c1ccc(OCc3ccccc3)c(OCC)c1)C(C#N)=C(N)O2. The Morgan fingerprint density at radius 3 is 2.39 bits per heavy atom. The van der Waals surface area contributed by atoms with E-state index in [2.05, 4.69) is 13.0 Å². The third kappa shape index (κ3) is 4.81. The second-order valence-corrected chi connectivity index (χ2v) is 9.00. The summed E-state index contributed by atoms with van der Waals surface area (Å²) in [5, 5.41) is 15.1. The number of allylic oxidation sites excluding steroid dienone is 1. The quantitative estimate of drug-likeness (QED) is 0.298. The zero-order chi connectivity index (χ0) is 26.5.